The zero-order chi connectivity index (χ0) is 20.3. The van der Waals surface area contributed by atoms with Gasteiger partial charge in [-0.1, -0.05) is 31.1 Å². The standard InChI is InChI=1S/C19H22N4O4S/c1-11-14(12(2)26-22-11)10-28-16-13(7-6-8-20-16)17(24)25-9-15-21-18(23-27-15)19(3,4)5/h6-8H,9-10H2,1-5H3. The monoisotopic (exact) mass is 402 g/mol. The molecule has 0 unspecified atom stereocenters. The first-order chi connectivity index (χ1) is 13.3. The zero-order valence-electron chi connectivity index (χ0n) is 16.5. The third-order valence-corrected chi connectivity index (χ3v) is 5.02. The highest BCUT2D eigenvalue weighted by atomic mass is 32.2. The van der Waals surface area contributed by atoms with Crippen LogP contribution in [0.1, 0.15) is 59.9 Å². The van der Waals surface area contributed by atoms with Crippen LogP contribution in [-0.4, -0.2) is 26.3 Å². The summed E-state index contributed by atoms with van der Waals surface area (Å²) in [5, 5.41) is 8.44. The number of nitrogens with zero attached hydrogens (tertiary/aromatic N) is 4. The highest BCUT2D eigenvalue weighted by Crippen LogP contribution is 2.27. The van der Waals surface area contributed by atoms with Crippen molar-refractivity contribution in [2.24, 2.45) is 0 Å². The summed E-state index contributed by atoms with van der Waals surface area (Å²) in [7, 11) is 0. The Hall–Kier alpha value is -2.68. The minimum Gasteiger partial charge on any atom is -0.452 e. The molecule has 3 rings (SSSR count). The number of rotatable bonds is 6. The van der Waals surface area contributed by atoms with Gasteiger partial charge in [0.05, 0.1) is 11.3 Å². The maximum absolute atomic E-state index is 12.5. The molecule has 28 heavy (non-hydrogen) atoms. The van der Waals surface area contributed by atoms with E-state index in [-0.39, 0.29) is 17.9 Å². The number of aryl methyl sites for hydroxylation is 2. The molecule has 0 N–H and O–H groups in total. The predicted molar refractivity (Wildman–Crippen MR) is 102 cm³/mol. The normalized spacial score (nSPS) is 11.6. The van der Waals surface area contributed by atoms with Crippen LogP contribution in [-0.2, 0) is 22.5 Å². The second-order valence-corrected chi connectivity index (χ2v) is 8.25. The minimum atomic E-state index is -0.495. The van der Waals surface area contributed by atoms with Gasteiger partial charge >= 0.3 is 5.97 Å². The smallest absolute Gasteiger partial charge is 0.341 e. The van der Waals surface area contributed by atoms with Crippen molar-refractivity contribution in [3.8, 4) is 0 Å². The molecule has 3 aromatic heterocycles. The first kappa shape index (κ1) is 20.1. The summed E-state index contributed by atoms with van der Waals surface area (Å²) in [5.41, 5.74) is 1.97. The van der Waals surface area contributed by atoms with E-state index in [1.165, 1.54) is 11.8 Å². The fourth-order valence-corrected chi connectivity index (χ4v) is 3.47. The number of carbonyl (C=O) groups is 1. The number of ether oxygens (including phenoxy) is 1. The number of carbonyl (C=O) groups excluding carboxylic acids is 1. The number of hydrogen-bond acceptors (Lipinski definition) is 9. The fraction of sp³-hybridized carbons (Fsp3) is 0.421. The van der Waals surface area contributed by atoms with Crippen molar-refractivity contribution in [2.75, 3.05) is 0 Å². The molecule has 9 heteroatoms. The van der Waals surface area contributed by atoms with E-state index in [2.05, 4.69) is 20.3 Å². The molecule has 0 bridgehead atoms. The molecule has 8 nitrogen and oxygen atoms in total. The van der Waals surface area contributed by atoms with Crippen molar-refractivity contribution in [3.63, 3.8) is 0 Å². The average Bonchev–Trinajstić information content (AvgIpc) is 3.25. The van der Waals surface area contributed by atoms with E-state index in [0.717, 1.165) is 17.0 Å². The second kappa shape index (κ2) is 8.14. The van der Waals surface area contributed by atoms with Crippen LogP contribution in [0.4, 0.5) is 0 Å². The summed E-state index contributed by atoms with van der Waals surface area (Å²) in [5.74, 6) is 1.68. The van der Waals surface area contributed by atoms with Crippen molar-refractivity contribution in [3.05, 3.63) is 52.6 Å². The molecule has 148 valence electrons. The predicted octanol–water partition coefficient (Wildman–Crippen LogP) is 4.02. The third kappa shape index (κ3) is 4.59. The number of thioether (sulfide) groups is 1. The Morgan fingerprint density at radius 3 is 2.64 bits per heavy atom. The van der Waals surface area contributed by atoms with Crippen LogP contribution in [0.25, 0.3) is 0 Å². The lowest BCUT2D eigenvalue weighted by atomic mass is 9.96. The largest absolute Gasteiger partial charge is 0.452 e. The average molecular weight is 402 g/mol. The van der Waals surface area contributed by atoms with E-state index in [4.69, 9.17) is 13.8 Å². The Morgan fingerprint density at radius 1 is 1.21 bits per heavy atom. The van der Waals surface area contributed by atoms with E-state index in [1.807, 2.05) is 34.6 Å². The summed E-state index contributed by atoms with van der Waals surface area (Å²) >= 11 is 1.43. The zero-order valence-corrected chi connectivity index (χ0v) is 17.3. The van der Waals surface area contributed by atoms with E-state index in [9.17, 15) is 4.79 Å². The van der Waals surface area contributed by atoms with Gasteiger partial charge in [0.15, 0.2) is 12.4 Å². The fourth-order valence-electron chi connectivity index (χ4n) is 2.33. The van der Waals surface area contributed by atoms with Gasteiger partial charge in [0.2, 0.25) is 0 Å². The van der Waals surface area contributed by atoms with Crippen LogP contribution >= 0.6 is 11.8 Å². The highest BCUT2D eigenvalue weighted by Gasteiger charge is 2.22. The summed E-state index contributed by atoms with van der Waals surface area (Å²) in [6.45, 7) is 9.59. The Labute approximate surface area is 167 Å². The molecule has 0 saturated heterocycles. The van der Waals surface area contributed by atoms with Gasteiger partial charge in [-0.05, 0) is 26.0 Å². The van der Waals surface area contributed by atoms with Crippen LogP contribution in [0.5, 0.6) is 0 Å². The second-order valence-electron chi connectivity index (χ2n) is 7.29. The van der Waals surface area contributed by atoms with Crippen LogP contribution in [0, 0.1) is 13.8 Å². The lowest BCUT2D eigenvalue weighted by molar-refractivity contribution is 0.0424. The molecule has 0 aliphatic rings. The molecule has 0 radical (unpaired) electrons. The van der Waals surface area contributed by atoms with Crippen LogP contribution in [0.15, 0.2) is 32.4 Å². The van der Waals surface area contributed by atoms with E-state index in [0.29, 0.717) is 22.2 Å². The molecule has 0 spiro atoms. The van der Waals surface area contributed by atoms with Crippen LogP contribution in [0.2, 0.25) is 0 Å². The summed E-state index contributed by atoms with van der Waals surface area (Å²) < 4.78 is 15.7. The maximum atomic E-state index is 12.5. The Morgan fingerprint density at radius 2 is 2.00 bits per heavy atom. The first-order valence-corrected chi connectivity index (χ1v) is 9.74. The van der Waals surface area contributed by atoms with Gasteiger partial charge in [0.1, 0.15) is 10.8 Å². The van der Waals surface area contributed by atoms with Gasteiger partial charge in [-0.15, -0.1) is 11.8 Å². The third-order valence-electron chi connectivity index (χ3n) is 3.99. The topological polar surface area (TPSA) is 104 Å². The first-order valence-electron chi connectivity index (χ1n) is 8.75. The molecule has 0 aromatic carbocycles. The van der Waals surface area contributed by atoms with Gasteiger partial charge in [0.25, 0.3) is 5.89 Å². The number of pyridine rings is 1. The summed E-state index contributed by atoms with van der Waals surface area (Å²) in [4.78, 5) is 21.1. The Kier molecular flexibility index (Phi) is 5.83. The van der Waals surface area contributed by atoms with Gasteiger partial charge in [0, 0.05) is 22.9 Å². The quantitative estimate of drug-likeness (QED) is 0.446. The number of aromatic nitrogens is 4. The molecular formula is C19H22N4O4S. The molecule has 0 saturated carbocycles. The van der Waals surface area contributed by atoms with E-state index >= 15 is 0 Å². The van der Waals surface area contributed by atoms with E-state index < -0.39 is 5.97 Å². The van der Waals surface area contributed by atoms with Gasteiger partial charge in [-0.25, -0.2) is 9.78 Å². The van der Waals surface area contributed by atoms with Crippen LogP contribution in [0.3, 0.4) is 0 Å². The van der Waals surface area contributed by atoms with Gasteiger partial charge < -0.3 is 13.8 Å². The van der Waals surface area contributed by atoms with Crippen LogP contribution < -0.4 is 0 Å². The molecule has 0 atom stereocenters. The highest BCUT2D eigenvalue weighted by molar-refractivity contribution is 7.98. The molecule has 0 fully saturated rings. The molecule has 0 aliphatic heterocycles. The molecular weight excluding hydrogens is 380 g/mol. The van der Waals surface area contributed by atoms with Crippen molar-refractivity contribution in [2.45, 2.75) is 57.4 Å². The minimum absolute atomic E-state index is 0.0925. The molecule has 3 heterocycles. The number of hydrogen-bond donors (Lipinski definition) is 0. The molecule has 0 amide bonds. The van der Waals surface area contributed by atoms with Crippen molar-refractivity contribution >= 4 is 17.7 Å². The van der Waals surface area contributed by atoms with Gasteiger partial charge in [-0.2, -0.15) is 4.98 Å². The number of esters is 1. The lowest BCUT2D eigenvalue weighted by Gasteiger charge is -2.10. The maximum Gasteiger partial charge on any atom is 0.341 e. The summed E-state index contributed by atoms with van der Waals surface area (Å²) in [6.07, 6.45) is 1.64. The Balaban J connectivity index is 1.66. The SMILES string of the molecule is Cc1noc(C)c1CSc1ncccc1C(=O)OCc1nc(C(C)(C)C)no1. The summed E-state index contributed by atoms with van der Waals surface area (Å²) in [6, 6.07) is 3.38. The molecule has 0 aliphatic carbocycles. The van der Waals surface area contributed by atoms with Crippen molar-refractivity contribution < 1.29 is 18.6 Å². The Bertz CT molecular complexity index is 955. The van der Waals surface area contributed by atoms with Crippen molar-refractivity contribution in [1.82, 2.24) is 20.3 Å². The van der Waals surface area contributed by atoms with E-state index in [1.54, 1.807) is 18.3 Å². The van der Waals surface area contributed by atoms with Gasteiger partial charge in [-0.3, -0.25) is 0 Å². The molecule has 3 aromatic rings. The lowest BCUT2D eigenvalue weighted by Crippen LogP contribution is -2.13. The van der Waals surface area contributed by atoms with Crippen molar-refractivity contribution in [1.29, 1.82) is 0 Å².